The van der Waals surface area contributed by atoms with Crippen LogP contribution in [0.2, 0.25) is 0 Å². The zero-order valence-electron chi connectivity index (χ0n) is 10.0. The van der Waals surface area contributed by atoms with Crippen LogP contribution in [-0.4, -0.2) is 12.1 Å². The van der Waals surface area contributed by atoms with Gasteiger partial charge in [0, 0.05) is 11.8 Å². The van der Waals surface area contributed by atoms with Crippen molar-refractivity contribution < 1.29 is 17.9 Å². The molecule has 0 aliphatic carbocycles. The first-order chi connectivity index (χ1) is 8.99. The summed E-state index contributed by atoms with van der Waals surface area (Å²) in [6.07, 6.45) is -2.87. The molecule has 0 aliphatic rings. The zero-order valence-corrected chi connectivity index (χ0v) is 10.0. The van der Waals surface area contributed by atoms with E-state index in [4.69, 9.17) is 4.74 Å². The molecule has 0 fully saturated rings. The maximum Gasteiger partial charge on any atom is 0.416 e. The quantitative estimate of drug-likeness (QED) is 0.918. The van der Waals surface area contributed by atoms with Crippen LogP contribution >= 0.6 is 0 Å². The topological polar surface area (TPSA) is 34.1 Å². The van der Waals surface area contributed by atoms with Crippen LogP contribution in [0.3, 0.4) is 0 Å². The van der Waals surface area contributed by atoms with Crippen LogP contribution in [0.4, 0.5) is 24.5 Å². The Bertz CT molecular complexity index is 553. The first-order valence-electron chi connectivity index (χ1n) is 5.43. The number of methoxy groups -OCH3 is 1. The highest BCUT2D eigenvalue weighted by Crippen LogP contribution is 2.31. The molecule has 0 aliphatic heterocycles. The van der Waals surface area contributed by atoms with E-state index in [1.54, 1.807) is 18.2 Å². The summed E-state index contributed by atoms with van der Waals surface area (Å²) in [6, 6.07) is 8.27. The Hall–Kier alpha value is -2.24. The van der Waals surface area contributed by atoms with E-state index in [0.29, 0.717) is 17.3 Å². The van der Waals surface area contributed by atoms with Crippen molar-refractivity contribution in [1.82, 2.24) is 4.98 Å². The molecule has 0 saturated heterocycles. The fourth-order valence-electron chi connectivity index (χ4n) is 1.51. The summed E-state index contributed by atoms with van der Waals surface area (Å²) in [4.78, 5) is 3.96. The largest absolute Gasteiger partial charge is 0.481 e. The van der Waals surface area contributed by atoms with Gasteiger partial charge in [-0.05, 0) is 24.3 Å². The van der Waals surface area contributed by atoms with Crippen LogP contribution in [0.5, 0.6) is 5.88 Å². The normalized spacial score (nSPS) is 11.2. The molecule has 100 valence electrons. The number of alkyl halides is 3. The Morgan fingerprint density at radius 1 is 1.11 bits per heavy atom. The fourth-order valence-corrected chi connectivity index (χ4v) is 1.51. The minimum absolute atomic E-state index is 0.349. The van der Waals surface area contributed by atoms with Gasteiger partial charge in [-0.1, -0.05) is 6.07 Å². The van der Waals surface area contributed by atoms with Gasteiger partial charge in [0.1, 0.15) is 0 Å². The number of nitrogens with one attached hydrogen (secondary N) is 1. The highest BCUT2D eigenvalue weighted by atomic mass is 19.4. The summed E-state index contributed by atoms with van der Waals surface area (Å²) in [5, 5.41) is 2.85. The van der Waals surface area contributed by atoms with Crippen LogP contribution in [0.25, 0.3) is 0 Å². The maximum absolute atomic E-state index is 12.5. The predicted octanol–water partition coefficient (Wildman–Crippen LogP) is 3.85. The van der Waals surface area contributed by atoms with E-state index in [-0.39, 0.29) is 0 Å². The SMILES string of the molecule is COc1ccc(Nc2cccc(C(F)(F)F)c2)cn1. The molecule has 0 bridgehead atoms. The van der Waals surface area contributed by atoms with E-state index in [1.807, 2.05) is 0 Å². The molecule has 6 heteroatoms. The third-order valence-corrected chi connectivity index (χ3v) is 2.42. The van der Waals surface area contributed by atoms with E-state index in [2.05, 4.69) is 10.3 Å². The van der Waals surface area contributed by atoms with Crippen molar-refractivity contribution in [3.8, 4) is 5.88 Å². The second-order valence-corrected chi connectivity index (χ2v) is 3.79. The van der Waals surface area contributed by atoms with Gasteiger partial charge in [-0.3, -0.25) is 0 Å². The number of benzene rings is 1. The number of ether oxygens (including phenoxy) is 1. The number of nitrogens with zero attached hydrogens (tertiary/aromatic N) is 1. The molecule has 3 nitrogen and oxygen atoms in total. The molecule has 1 N–H and O–H groups in total. The van der Waals surface area contributed by atoms with Crippen LogP contribution in [-0.2, 0) is 6.18 Å². The minimum Gasteiger partial charge on any atom is -0.481 e. The van der Waals surface area contributed by atoms with Crippen LogP contribution < -0.4 is 10.1 Å². The zero-order chi connectivity index (χ0) is 13.9. The van der Waals surface area contributed by atoms with Crippen molar-refractivity contribution in [2.45, 2.75) is 6.18 Å². The van der Waals surface area contributed by atoms with Gasteiger partial charge in [0.15, 0.2) is 0 Å². The van der Waals surface area contributed by atoms with Crippen molar-refractivity contribution in [2.75, 3.05) is 12.4 Å². The lowest BCUT2D eigenvalue weighted by atomic mass is 10.2. The van der Waals surface area contributed by atoms with Gasteiger partial charge in [-0.2, -0.15) is 13.2 Å². The fraction of sp³-hybridized carbons (Fsp3) is 0.154. The molecule has 0 saturated carbocycles. The summed E-state index contributed by atoms with van der Waals surface area (Å²) < 4.78 is 42.5. The Kier molecular flexibility index (Phi) is 3.59. The number of hydrogen-bond acceptors (Lipinski definition) is 3. The number of halogens is 3. The third-order valence-electron chi connectivity index (χ3n) is 2.42. The Morgan fingerprint density at radius 3 is 2.47 bits per heavy atom. The maximum atomic E-state index is 12.5. The van der Waals surface area contributed by atoms with Crippen molar-refractivity contribution in [3.05, 3.63) is 48.2 Å². The van der Waals surface area contributed by atoms with Gasteiger partial charge >= 0.3 is 6.18 Å². The van der Waals surface area contributed by atoms with E-state index in [0.717, 1.165) is 12.1 Å². The summed E-state index contributed by atoms with van der Waals surface area (Å²) in [5.41, 5.74) is 0.237. The highest BCUT2D eigenvalue weighted by Gasteiger charge is 2.30. The van der Waals surface area contributed by atoms with E-state index in [1.165, 1.54) is 19.4 Å². The van der Waals surface area contributed by atoms with Crippen LogP contribution in [0, 0.1) is 0 Å². The minimum atomic E-state index is -4.35. The van der Waals surface area contributed by atoms with Crippen molar-refractivity contribution in [1.29, 1.82) is 0 Å². The molecule has 1 aromatic carbocycles. The molecule has 1 aromatic heterocycles. The lowest BCUT2D eigenvalue weighted by Crippen LogP contribution is -2.05. The molecule has 1 heterocycles. The smallest absolute Gasteiger partial charge is 0.416 e. The van der Waals surface area contributed by atoms with Gasteiger partial charge in [0.05, 0.1) is 24.6 Å². The number of anilines is 2. The molecule has 0 spiro atoms. The molecule has 0 atom stereocenters. The molecule has 2 aromatic rings. The average Bonchev–Trinajstić information content (AvgIpc) is 2.39. The first kappa shape index (κ1) is 13.2. The summed E-state index contributed by atoms with van der Waals surface area (Å²) >= 11 is 0. The molecular formula is C13H11F3N2O. The molecule has 0 radical (unpaired) electrons. The van der Waals surface area contributed by atoms with Gasteiger partial charge in [-0.15, -0.1) is 0 Å². The lowest BCUT2D eigenvalue weighted by Gasteiger charge is -2.10. The van der Waals surface area contributed by atoms with Crippen LogP contribution in [0.15, 0.2) is 42.6 Å². The predicted molar refractivity (Wildman–Crippen MR) is 65.5 cm³/mol. The number of hydrogen-bond donors (Lipinski definition) is 1. The van der Waals surface area contributed by atoms with E-state index < -0.39 is 11.7 Å². The average molecular weight is 268 g/mol. The standard InChI is InChI=1S/C13H11F3N2O/c1-19-12-6-5-11(8-17-12)18-10-4-2-3-9(7-10)13(14,15)16/h2-8,18H,1H3. The van der Waals surface area contributed by atoms with Gasteiger partial charge < -0.3 is 10.1 Å². The van der Waals surface area contributed by atoms with Gasteiger partial charge in [0.25, 0.3) is 0 Å². The second kappa shape index (κ2) is 5.17. The summed E-state index contributed by atoms with van der Waals surface area (Å²) in [6.45, 7) is 0. The van der Waals surface area contributed by atoms with E-state index >= 15 is 0 Å². The highest BCUT2D eigenvalue weighted by molar-refractivity contribution is 5.59. The van der Waals surface area contributed by atoms with Crippen molar-refractivity contribution in [2.24, 2.45) is 0 Å². The lowest BCUT2D eigenvalue weighted by molar-refractivity contribution is -0.137. The Labute approximate surface area is 108 Å². The number of pyridine rings is 1. The van der Waals surface area contributed by atoms with E-state index in [9.17, 15) is 13.2 Å². The van der Waals surface area contributed by atoms with Crippen molar-refractivity contribution >= 4 is 11.4 Å². The molecule has 0 amide bonds. The molecule has 2 rings (SSSR count). The number of aromatic nitrogens is 1. The summed E-state index contributed by atoms with van der Waals surface area (Å²) in [5.74, 6) is 0.439. The molecule has 0 unspecified atom stereocenters. The summed E-state index contributed by atoms with van der Waals surface area (Å²) in [7, 11) is 1.49. The second-order valence-electron chi connectivity index (χ2n) is 3.79. The monoisotopic (exact) mass is 268 g/mol. The molecular weight excluding hydrogens is 257 g/mol. The van der Waals surface area contributed by atoms with Crippen molar-refractivity contribution in [3.63, 3.8) is 0 Å². The Balaban J connectivity index is 2.18. The molecule has 19 heavy (non-hydrogen) atoms. The third kappa shape index (κ3) is 3.37. The van der Waals surface area contributed by atoms with Gasteiger partial charge in [-0.25, -0.2) is 4.98 Å². The Morgan fingerprint density at radius 2 is 1.89 bits per heavy atom. The van der Waals surface area contributed by atoms with Gasteiger partial charge in [0.2, 0.25) is 5.88 Å². The van der Waals surface area contributed by atoms with Crippen LogP contribution in [0.1, 0.15) is 5.56 Å². The first-order valence-corrected chi connectivity index (χ1v) is 5.43. The number of rotatable bonds is 3.